The minimum atomic E-state index is 1.10. The fraction of sp³-hybridized carbons (Fsp3) is 0.583. The van der Waals surface area contributed by atoms with Crippen LogP contribution in [0.1, 0.15) is 47.5 Å². The van der Waals surface area contributed by atoms with E-state index in [1.807, 2.05) is 0 Å². The highest BCUT2D eigenvalue weighted by atomic mass is 14.1. The molecular weight excluding hydrogens is 144 g/mol. The molecule has 0 aromatic heterocycles. The van der Waals surface area contributed by atoms with Gasteiger partial charge in [0.25, 0.3) is 0 Å². The van der Waals surface area contributed by atoms with Gasteiger partial charge in [0.05, 0.1) is 0 Å². The van der Waals surface area contributed by atoms with Crippen molar-refractivity contribution < 1.29 is 0 Å². The molecule has 1 radical (unpaired) electrons. The average Bonchev–Trinajstić information content (AvgIpc) is 2.03. The molecule has 0 spiro atoms. The molecule has 0 nitrogen and oxygen atoms in total. The molecule has 0 saturated carbocycles. The van der Waals surface area contributed by atoms with Crippen molar-refractivity contribution in [3.05, 3.63) is 29.2 Å². The summed E-state index contributed by atoms with van der Waals surface area (Å²) >= 11 is 0. The SMILES string of the molecule is C=C([C](C)CC)C(CC)=C(C)C. The third kappa shape index (κ3) is 2.84. The summed E-state index contributed by atoms with van der Waals surface area (Å²) in [4.78, 5) is 0. The maximum absolute atomic E-state index is 4.12. The van der Waals surface area contributed by atoms with Crippen LogP contribution < -0.4 is 0 Å². The van der Waals surface area contributed by atoms with Crippen molar-refractivity contribution in [1.29, 1.82) is 0 Å². The molecule has 69 valence electrons. The normalized spacial score (nSPS) is 10.2. The molecule has 12 heavy (non-hydrogen) atoms. The molecule has 0 aromatic carbocycles. The first-order valence-corrected chi connectivity index (χ1v) is 4.72. The van der Waals surface area contributed by atoms with E-state index in [2.05, 4.69) is 41.2 Å². The van der Waals surface area contributed by atoms with E-state index in [1.54, 1.807) is 0 Å². The molecule has 0 amide bonds. The zero-order chi connectivity index (χ0) is 9.72. The van der Waals surface area contributed by atoms with Gasteiger partial charge in [0.1, 0.15) is 0 Å². The fourth-order valence-corrected chi connectivity index (χ4v) is 1.34. The highest BCUT2D eigenvalue weighted by Crippen LogP contribution is 2.26. The Morgan fingerprint density at radius 1 is 1.00 bits per heavy atom. The minimum absolute atomic E-state index is 1.10. The van der Waals surface area contributed by atoms with Crippen LogP contribution in [-0.2, 0) is 0 Å². The van der Waals surface area contributed by atoms with Crippen molar-refractivity contribution in [2.75, 3.05) is 0 Å². The smallest absolute Gasteiger partial charge is 0.00129 e. The van der Waals surface area contributed by atoms with Crippen molar-refractivity contribution in [2.24, 2.45) is 0 Å². The van der Waals surface area contributed by atoms with Crippen LogP contribution in [-0.4, -0.2) is 0 Å². The maximum atomic E-state index is 4.12. The van der Waals surface area contributed by atoms with Crippen LogP contribution in [0.3, 0.4) is 0 Å². The Morgan fingerprint density at radius 3 is 1.75 bits per heavy atom. The third-order valence-corrected chi connectivity index (χ3v) is 2.37. The molecule has 0 unspecified atom stereocenters. The number of hydrogen-bond acceptors (Lipinski definition) is 0. The molecule has 0 fully saturated rings. The number of hydrogen-bond donors (Lipinski definition) is 0. The molecule has 0 bridgehead atoms. The van der Waals surface area contributed by atoms with Crippen LogP contribution in [0.5, 0.6) is 0 Å². The van der Waals surface area contributed by atoms with Gasteiger partial charge in [-0.2, -0.15) is 0 Å². The lowest BCUT2D eigenvalue weighted by atomic mass is 9.89. The lowest BCUT2D eigenvalue weighted by molar-refractivity contribution is 0.919. The lowest BCUT2D eigenvalue weighted by Crippen LogP contribution is -1.98. The van der Waals surface area contributed by atoms with Gasteiger partial charge >= 0.3 is 0 Å². The van der Waals surface area contributed by atoms with Crippen molar-refractivity contribution in [3.63, 3.8) is 0 Å². The molecule has 0 aliphatic heterocycles. The van der Waals surface area contributed by atoms with Crippen molar-refractivity contribution in [1.82, 2.24) is 0 Å². The van der Waals surface area contributed by atoms with Crippen LogP contribution in [0.15, 0.2) is 23.3 Å². The van der Waals surface area contributed by atoms with Gasteiger partial charge < -0.3 is 0 Å². The van der Waals surface area contributed by atoms with E-state index in [0.29, 0.717) is 0 Å². The van der Waals surface area contributed by atoms with Crippen molar-refractivity contribution in [2.45, 2.75) is 47.5 Å². The Bertz CT molecular complexity index is 180. The first-order valence-electron chi connectivity index (χ1n) is 4.72. The van der Waals surface area contributed by atoms with Gasteiger partial charge in [0.15, 0.2) is 0 Å². The van der Waals surface area contributed by atoms with Gasteiger partial charge in [-0.05, 0) is 37.8 Å². The topological polar surface area (TPSA) is 0 Å². The Hall–Kier alpha value is -0.520. The number of allylic oxidation sites excluding steroid dienone is 3. The van der Waals surface area contributed by atoms with Gasteiger partial charge in [-0.15, -0.1) is 0 Å². The van der Waals surface area contributed by atoms with Gasteiger partial charge in [-0.3, -0.25) is 0 Å². The summed E-state index contributed by atoms with van der Waals surface area (Å²) in [5.74, 6) is 1.41. The van der Waals surface area contributed by atoms with Gasteiger partial charge in [0.2, 0.25) is 0 Å². The average molecular weight is 165 g/mol. The summed E-state index contributed by atoms with van der Waals surface area (Å²) < 4.78 is 0. The molecular formula is C12H21. The van der Waals surface area contributed by atoms with Crippen LogP contribution in [0.2, 0.25) is 0 Å². The highest BCUT2D eigenvalue weighted by molar-refractivity contribution is 5.41. The number of rotatable bonds is 4. The Labute approximate surface area is 77.4 Å². The highest BCUT2D eigenvalue weighted by Gasteiger charge is 2.09. The quantitative estimate of drug-likeness (QED) is 0.545. The second-order valence-corrected chi connectivity index (χ2v) is 3.44. The van der Waals surface area contributed by atoms with E-state index in [4.69, 9.17) is 0 Å². The fourth-order valence-electron chi connectivity index (χ4n) is 1.34. The first-order chi connectivity index (χ1) is 5.54. The molecule has 0 heterocycles. The van der Waals surface area contributed by atoms with E-state index in [9.17, 15) is 0 Å². The molecule has 0 atom stereocenters. The zero-order valence-corrected chi connectivity index (χ0v) is 9.12. The molecule has 0 aliphatic rings. The van der Waals surface area contributed by atoms with E-state index in [1.165, 1.54) is 22.6 Å². The van der Waals surface area contributed by atoms with E-state index < -0.39 is 0 Å². The summed E-state index contributed by atoms with van der Waals surface area (Å²) in [5, 5.41) is 0. The predicted octanol–water partition coefficient (Wildman–Crippen LogP) is 4.29. The van der Waals surface area contributed by atoms with Crippen molar-refractivity contribution in [3.8, 4) is 0 Å². The summed E-state index contributed by atoms with van der Waals surface area (Å²) in [6.45, 7) is 15.0. The molecule has 0 N–H and O–H groups in total. The monoisotopic (exact) mass is 165 g/mol. The largest absolute Gasteiger partial charge is 0.0950 e. The Morgan fingerprint density at radius 2 is 1.50 bits per heavy atom. The van der Waals surface area contributed by atoms with Crippen LogP contribution in [0, 0.1) is 5.92 Å². The molecule has 0 saturated heterocycles. The van der Waals surface area contributed by atoms with E-state index >= 15 is 0 Å². The van der Waals surface area contributed by atoms with Crippen LogP contribution in [0.4, 0.5) is 0 Å². The molecule has 0 rings (SSSR count). The van der Waals surface area contributed by atoms with E-state index in [0.717, 1.165) is 12.8 Å². The predicted molar refractivity (Wildman–Crippen MR) is 57.0 cm³/mol. The lowest BCUT2D eigenvalue weighted by Gasteiger charge is -2.16. The first kappa shape index (κ1) is 11.5. The Kier molecular flexibility index (Phi) is 4.96. The van der Waals surface area contributed by atoms with E-state index in [-0.39, 0.29) is 0 Å². The minimum Gasteiger partial charge on any atom is -0.0950 e. The zero-order valence-electron chi connectivity index (χ0n) is 9.12. The van der Waals surface area contributed by atoms with Gasteiger partial charge in [0, 0.05) is 5.92 Å². The van der Waals surface area contributed by atoms with Gasteiger partial charge in [-0.1, -0.05) is 32.9 Å². The standard InChI is InChI=1S/C12H21/c1-7-10(5)11(6)12(8-2)9(3)4/h6-8H2,1-5H3. The van der Waals surface area contributed by atoms with Gasteiger partial charge in [-0.25, -0.2) is 0 Å². The third-order valence-electron chi connectivity index (χ3n) is 2.37. The summed E-state index contributed by atoms with van der Waals surface area (Å²) in [5.41, 5.74) is 4.07. The summed E-state index contributed by atoms with van der Waals surface area (Å²) in [7, 11) is 0. The molecule has 0 heteroatoms. The molecule has 0 aliphatic carbocycles. The molecule has 0 aromatic rings. The second-order valence-electron chi connectivity index (χ2n) is 3.44. The Balaban J connectivity index is 4.55. The maximum Gasteiger partial charge on any atom is 0.00129 e. The van der Waals surface area contributed by atoms with Crippen LogP contribution >= 0.6 is 0 Å². The second kappa shape index (κ2) is 5.18. The summed E-state index contributed by atoms with van der Waals surface area (Å²) in [6, 6.07) is 0. The van der Waals surface area contributed by atoms with Crippen LogP contribution in [0.25, 0.3) is 0 Å². The van der Waals surface area contributed by atoms with Crippen molar-refractivity contribution >= 4 is 0 Å². The summed E-state index contributed by atoms with van der Waals surface area (Å²) in [6.07, 6.45) is 2.20.